The van der Waals surface area contributed by atoms with Gasteiger partial charge in [-0.3, -0.25) is 4.79 Å². The van der Waals surface area contributed by atoms with Crippen molar-refractivity contribution in [2.45, 2.75) is 13.3 Å². The summed E-state index contributed by atoms with van der Waals surface area (Å²) >= 11 is 0. The molecule has 0 saturated carbocycles. The first-order chi connectivity index (χ1) is 8.08. The molecule has 0 amide bonds. The first-order valence-electron chi connectivity index (χ1n) is 5.17. The molecule has 0 aromatic heterocycles. The molecule has 4 heteroatoms. The second-order valence-corrected chi connectivity index (χ2v) is 3.38. The van der Waals surface area contributed by atoms with E-state index in [0.717, 1.165) is 0 Å². The lowest BCUT2D eigenvalue weighted by Gasteiger charge is -2.03. The van der Waals surface area contributed by atoms with Gasteiger partial charge < -0.3 is 4.74 Å². The summed E-state index contributed by atoms with van der Waals surface area (Å²) < 4.78 is 17.2. The lowest BCUT2D eigenvalue weighted by atomic mass is 10.1. The van der Waals surface area contributed by atoms with Crippen LogP contribution in [0.2, 0.25) is 0 Å². The summed E-state index contributed by atoms with van der Waals surface area (Å²) in [6.07, 6.45) is 1.61. The summed E-state index contributed by atoms with van der Waals surface area (Å²) in [4.78, 5) is 22.9. The quantitative estimate of drug-likeness (QED) is 0.349. The maximum atomic E-state index is 12.7. The molecule has 0 bridgehead atoms. The first kappa shape index (κ1) is 13.1. The van der Waals surface area contributed by atoms with Gasteiger partial charge in [0.2, 0.25) is 0 Å². The minimum atomic E-state index is -0.679. The van der Waals surface area contributed by atoms with Crippen LogP contribution < -0.4 is 0 Å². The minimum Gasteiger partial charge on any atom is -0.465 e. The van der Waals surface area contributed by atoms with Crippen molar-refractivity contribution in [3.63, 3.8) is 0 Å². The third kappa shape index (κ3) is 3.52. The summed E-state index contributed by atoms with van der Waals surface area (Å²) in [7, 11) is 1.21. The Hall–Kier alpha value is -1.97. The van der Waals surface area contributed by atoms with Crippen molar-refractivity contribution in [3.05, 3.63) is 41.2 Å². The molecule has 0 atom stereocenters. The molecule has 0 aliphatic rings. The number of ketones is 1. The topological polar surface area (TPSA) is 43.4 Å². The van der Waals surface area contributed by atoms with E-state index in [1.165, 1.54) is 37.5 Å². The van der Waals surface area contributed by atoms with Crippen molar-refractivity contribution < 1.29 is 18.7 Å². The molecule has 0 aliphatic carbocycles. The van der Waals surface area contributed by atoms with Crippen molar-refractivity contribution in [3.8, 4) is 0 Å². The Morgan fingerprint density at radius 2 is 1.88 bits per heavy atom. The molecule has 0 radical (unpaired) electrons. The molecule has 0 spiro atoms. The predicted molar refractivity (Wildman–Crippen MR) is 61.7 cm³/mol. The van der Waals surface area contributed by atoms with E-state index in [2.05, 4.69) is 4.74 Å². The fourth-order valence-corrected chi connectivity index (χ4v) is 1.28. The van der Waals surface area contributed by atoms with E-state index in [1.54, 1.807) is 6.92 Å². The van der Waals surface area contributed by atoms with E-state index < -0.39 is 5.97 Å². The van der Waals surface area contributed by atoms with E-state index in [0.29, 0.717) is 5.56 Å². The van der Waals surface area contributed by atoms with E-state index in [4.69, 9.17) is 0 Å². The fraction of sp³-hybridized carbons (Fsp3) is 0.231. The summed E-state index contributed by atoms with van der Waals surface area (Å²) in [5.41, 5.74) is 0.551. The molecular formula is C13H13FO3. The first-order valence-corrected chi connectivity index (χ1v) is 5.17. The second kappa shape index (κ2) is 5.94. The van der Waals surface area contributed by atoms with Gasteiger partial charge in [-0.1, -0.05) is 19.1 Å². The highest BCUT2D eigenvalue weighted by Crippen LogP contribution is 2.11. The van der Waals surface area contributed by atoms with Gasteiger partial charge in [0.15, 0.2) is 5.78 Å². The highest BCUT2D eigenvalue weighted by molar-refractivity contribution is 6.20. The van der Waals surface area contributed by atoms with Gasteiger partial charge in [-0.25, -0.2) is 9.18 Å². The predicted octanol–water partition coefficient (Wildman–Crippen LogP) is 2.36. The Balaban J connectivity index is 3.09. The van der Waals surface area contributed by atoms with Crippen LogP contribution >= 0.6 is 0 Å². The van der Waals surface area contributed by atoms with E-state index in [9.17, 15) is 14.0 Å². The molecule has 90 valence electrons. The lowest BCUT2D eigenvalue weighted by molar-refractivity contribution is -0.137. The molecule has 1 aromatic carbocycles. The van der Waals surface area contributed by atoms with E-state index in [-0.39, 0.29) is 23.6 Å². The van der Waals surface area contributed by atoms with Crippen LogP contribution in [0.25, 0.3) is 6.08 Å². The molecule has 3 nitrogen and oxygen atoms in total. The number of benzene rings is 1. The average Bonchev–Trinajstić information content (AvgIpc) is 2.36. The second-order valence-electron chi connectivity index (χ2n) is 3.38. The van der Waals surface area contributed by atoms with Gasteiger partial charge in [-0.2, -0.15) is 0 Å². The Kier molecular flexibility index (Phi) is 4.57. The molecule has 0 fully saturated rings. The maximum absolute atomic E-state index is 12.7. The SMILES string of the molecule is CCC(=O)/C(=C\c1ccc(F)cc1)C(=O)OC. The highest BCUT2D eigenvalue weighted by Gasteiger charge is 2.16. The number of halogens is 1. The Morgan fingerprint density at radius 3 is 2.35 bits per heavy atom. The standard InChI is InChI=1S/C13H13FO3/c1-3-12(15)11(13(16)17-2)8-9-4-6-10(14)7-5-9/h4-8H,3H2,1-2H3/b11-8+. The number of Topliss-reactive ketones (excluding diaryl/α,β-unsaturated/α-hetero) is 1. The van der Waals surface area contributed by atoms with Gasteiger partial charge in [0.1, 0.15) is 11.4 Å². The molecule has 0 aliphatic heterocycles. The van der Waals surface area contributed by atoms with Crippen molar-refractivity contribution in [2.75, 3.05) is 7.11 Å². The van der Waals surface area contributed by atoms with Gasteiger partial charge in [0.25, 0.3) is 0 Å². The Morgan fingerprint density at radius 1 is 1.29 bits per heavy atom. The van der Waals surface area contributed by atoms with Crippen LogP contribution in [-0.4, -0.2) is 18.9 Å². The van der Waals surface area contributed by atoms with Crippen molar-refractivity contribution in [1.82, 2.24) is 0 Å². The van der Waals surface area contributed by atoms with Crippen LogP contribution in [0.15, 0.2) is 29.8 Å². The molecule has 0 saturated heterocycles. The van der Waals surface area contributed by atoms with Crippen molar-refractivity contribution in [2.24, 2.45) is 0 Å². The monoisotopic (exact) mass is 236 g/mol. The van der Waals surface area contributed by atoms with Crippen LogP contribution in [0.5, 0.6) is 0 Å². The summed E-state index contributed by atoms with van der Waals surface area (Å²) in [6.45, 7) is 1.66. The molecule has 0 unspecified atom stereocenters. The number of carbonyl (C=O) groups excluding carboxylic acids is 2. The van der Waals surface area contributed by atoms with Gasteiger partial charge in [-0.15, -0.1) is 0 Å². The molecule has 0 heterocycles. The van der Waals surface area contributed by atoms with Gasteiger partial charge in [-0.05, 0) is 23.8 Å². The molecule has 0 N–H and O–H groups in total. The number of carbonyl (C=O) groups is 2. The largest absolute Gasteiger partial charge is 0.465 e. The number of esters is 1. The molecule has 1 aromatic rings. The Labute approximate surface area is 98.9 Å². The maximum Gasteiger partial charge on any atom is 0.341 e. The highest BCUT2D eigenvalue weighted by atomic mass is 19.1. The van der Waals surface area contributed by atoms with Crippen molar-refractivity contribution >= 4 is 17.8 Å². The minimum absolute atomic E-state index is 0.0263. The number of methoxy groups -OCH3 is 1. The van der Waals surface area contributed by atoms with E-state index in [1.807, 2.05) is 0 Å². The smallest absolute Gasteiger partial charge is 0.341 e. The zero-order valence-electron chi connectivity index (χ0n) is 9.70. The lowest BCUT2D eigenvalue weighted by Crippen LogP contribution is -2.13. The van der Waals surface area contributed by atoms with Gasteiger partial charge in [0, 0.05) is 6.42 Å². The number of ether oxygens (including phenoxy) is 1. The van der Waals surface area contributed by atoms with Crippen LogP contribution in [0, 0.1) is 5.82 Å². The average molecular weight is 236 g/mol. The van der Waals surface area contributed by atoms with Gasteiger partial charge in [0.05, 0.1) is 7.11 Å². The summed E-state index contributed by atoms with van der Waals surface area (Å²) in [6, 6.07) is 5.50. The van der Waals surface area contributed by atoms with Crippen molar-refractivity contribution in [1.29, 1.82) is 0 Å². The van der Waals surface area contributed by atoms with Crippen LogP contribution in [0.3, 0.4) is 0 Å². The third-order valence-corrected chi connectivity index (χ3v) is 2.21. The number of hydrogen-bond acceptors (Lipinski definition) is 3. The third-order valence-electron chi connectivity index (χ3n) is 2.21. The molecular weight excluding hydrogens is 223 g/mol. The number of hydrogen-bond donors (Lipinski definition) is 0. The van der Waals surface area contributed by atoms with Gasteiger partial charge >= 0.3 is 5.97 Å². The number of rotatable bonds is 4. The van der Waals surface area contributed by atoms with E-state index >= 15 is 0 Å². The van der Waals surface area contributed by atoms with Crippen LogP contribution in [0.1, 0.15) is 18.9 Å². The van der Waals surface area contributed by atoms with Crippen LogP contribution in [0.4, 0.5) is 4.39 Å². The Bertz CT molecular complexity index is 428. The summed E-state index contributed by atoms with van der Waals surface area (Å²) in [5.74, 6) is -1.36. The zero-order valence-corrected chi connectivity index (χ0v) is 9.70. The molecule has 1 rings (SSSR count). The fourth-order valence-electron chi connectivity index (χ4n) is 1.28. The summed E-state index contributed by atoms with van der Waals surface area (Å²) in [5, 5.41) is 0. The molecule has 17 heavy (non-hydrogen) atoms. The van der Waals surface area contributed by atoms with Crippen LogP contribution in [-0.2, 0) is 14.3 Å². The normalized spacial score (nSPS) is 11.1. The zero-order chi connectivity index (χ0) is 12.8.